The molecule has 0 saturated carbocycles. The molecule has 0 heterocycles. The zero-order valence-corrected chi connectivity index (χ0v) is 10.5. The van der Waals surface area contributed by atoms with Gasteiger partial charge in [0.15, 0.2) is 0 Å². The van der Waals surface area contributed by atoms with Crippen LogP contribution in [0.15, 0.2) is 0 Å². The molecular weight excluding hydrogens is 296 g/mol. The van der Waals surface area contributed by atoms with Crippen LogP contribution in [0.5, 0.6) is 0 Å². The normalized spacial score (nSPS) is 20.1. The van der Waals surface area contributed by atoms with Gasteiger partial charge in [0.25, 0.3) is 20.2 Å². The van der Waals surface area contributed by atoms with Crippen molar-refractivity contribution in [3.63, 3.8) is 0 Å². The van der Waals surface area contributed by atoms with Gasteiger partial charge in [0.05, 0.1) is 12.2 Å². The summed E-state index contributed by atoms with van der Waals surface area (Å²) in [4.78, 5) is 0. The Hall–Kier alpha value is -0.340. The first-order chi connectivity index (χ1) is 7.83. The van der Waals surface area contributed by atoms with E-state index in [2.05, 4.69) is 0 Å². The van der Waals surface area contributed by atoms with E-state index in [0.717, 1.165) is 0 Å². The molecule has 0 saturated heterocycles. The largest absolute Gasteiger partial charge is 0.389 e. The molecule has 0 fully saturated rings. The second-order valence-electron chi connectivity index (χ2n) is 3.61. The van der Waals surface area contributed by atoms with E-state index in [-0.39, 0.29) is 0 Å². The summed E-state index contributed by atoms with van der Waals surface area (Å²) in [5, 5.41) is 36.6. The molecule has 0 aromatic carbocycles. The minimum Gasteiger partial charge on any atom is -0.389 e. The molecule has 2 unspecified atom stereocenters. The molecule has 0 bridgehead atoms. The first-order valence-corrected chi connectivity index (χ1v) is 7.68. The Morgan fingerprint density at radius 2 is 0.889 bits per heavy atom. The number of hydrogen-bond acceptors (Lipinski definition) is 8. The average molecular weight is 310 g/mol. The van der Waals surface area contributed by atoms with Crippen LogP contribution >= 0.6 is 0 Å². The summed E-state index contributed by atoms with van der Waals surface area (Å²) in [5.74, 6) is -2.63. The highest BCUT2D eigenvalue weighted by Gasteiger charge is 2.34. The molecular formula is C6H14O10S2. The van der Waals surface area contributed by atoms with Gasteiger partial charge < -0.3 is 20.4 Å². The first kappa shape index (κ1) is 17.7. The van der Waals surface area contributed by atoms with Crippen molar-refractivity contribution in [2.75, 3.05) is 11.5 Å². The smallest absolute Gasteiger partial charge is 0.267 e. The third-order valence-electron chi connectivity index (χ3n) is 1.90. The molecule has 0 aromatic rings. The number of hydrogen-bond donors (Lipinski definition) is 6. The molecule has 0 aromatic heterocycles. The second kappa shape index (κ2) is 6.21. The maximum absolute atomic E-state index is 10.4. The molecule has 0 rings (SSSR count). The molecule has 10 nitrogen and oxygen atoms in total. The predicted octanol–water partition coefficient (Wildman–Crippen LogP) is -3.79. The predicted molar refractivity (Wildman–Crippen MR) is 56.9 cm³/mol. The Labute approximate surface area is 103 Å². The quantitative estimate of drug-likeness (QED) is 0.254. The van der Waals surface area contributed by atoms with Crippen molar-refractivity contribution in [1.82, 2.24) is 0 Å². The lowest BCUT2D eigenvalue weighted by atomic mass is 10.1. The van der Waals surface area contributed by atoms with Crippen molar-refractivity contribution < 1.29 is 46.4 Å². The van der Waals surface area contributed by atoms with Crippen LogP contribution < -0.4 is 0 Å². The molecule has 0 aliphatic rings. The zero-order chi connectivity index (χ0) is 14.7. The van der Waals surface area contributed by atoms with Gasteiger partial charge in [0.1, 0.15) is 23.7 Å². The van der Waals surface area contributed by atoms with Crippen molar-refractivity contribution in [2.24, 2.45) is 0 Å². The first-order valence-electron chi connectivity index (χ1n) is 4.46. The minimum absolute atomic E-state index is 1.32. The average Bonchev–Trinajstić information content (AvgIpc) is 2.09. The SMILES string of the molecule is O=S(=O)(O)CC(O)[C@H](O)[C@@H](O)C(O)CS(=O)(=O)O. The summed E-state index contributed by atoms with van der Waals surface area (Å²) in [7, 11) is -9.27. The molecule has 0 aliphatic heterocycles. The van der Waals surface area contributed by atoms with Crippen molar-refractivity contribution >= 4 is 20.2 Å². The zero-order valence-electron chi connectivity index (χ0n) is 8.86. The topological polar surface area (TPSA) is 190 Å². The number of aliphatic hydroxyl groups is 4. The van der Waals surface area contributed by atoms with Crippen LogP contribution in [0.2, 0.25) is 0 Å². The van der Waals surface area contributed by atoms with Crippen LogP contribution in [0.25, 0.3) is 0 Å². The Morgan fingerprint density at radius 3 is 1.06 bits per heavy atom. The Bertz CT molecular complexity index is 409. The molecule has 0 radical (unpaired) electrons. The van der Waals surface area contributed by atoms with Crippen molar-refractivity contribution in [3.8, 4) is 0 Å². The lowest BCUT2D eigenvalue weighted by Crippen LogP contribution is -2.48. The maximum Gasteiger partial charge on any atom is 0.267 e. The second-order valence-corrected chi connectivity index (χ2v) is 6.61. The van der Waals surface area contributed by atoms with Gasteiger partial charge in [-0.2, -0.15) is 16.8 Å². The summed E-state index contributed by atoms with van der Waals surface area (Å²) in [6, 6.07) is 0. The fourth-order valence-electron chi connectivity index (χ4n) is 1.08. The summed E-state index contributed by atoms with van der Waals surface area (Å²) in [6.45, 7) is 0. The summed E-state index contributed by atoms with van der Waals surface area (Å²) in [6.07, 6.45) is -8.76. The molecule has 0 spiro atoms. The van der Waals surface area contributed by atoms with E-state index in [1.807, 2.05) is 0 Å². The van der Waals surface area contributed by atoms with E-state index >= 15 is 0 Å². The van der Waals surface area contributed by atoms with Gasteiger partial charge in [0, 0.05) is 0 Å². The fraction of sp³-hybridized carbons (Fsp3) is 1.00. The molecule has 110 valence electrons. The van der Waals surface area contributed by atoms with Gasteiger partial charge in [-0.3, -0.25) is 9.11 Å². The monoisotopic (exact) mass is 310 g/mol. The van der Waals surface area contributed by atoms with E-state index < -0.39 is 56.2 Å². The van der Waals surface area contributed by atoms with Gasteiger partial charge in [-0.25, -0.2) is 0 Å². The Kier molecular flexibility index (Phi) is 6.09. The van der Waals surface area contributed by atoms with E-state index in [0.29, 0.717) is 0 Å². The van der Waals surface area contributed by atoms with Gasteiger partial charge in [-0.05, 0) is 0 Å². The summed E-state index contributed by atoms with van der Waals surface area (Å²) in [5.41, 5.74) is 0. The lowest BCUT2D eigenvalue weighted by molar-refractivity contribution is -0.0933. The number of rotatable bonds is 7. The van der Waals surface area contributed by atoms with Gasteiger partial charge in [0.2, 0.25) is 0 Å². The summed E-state index contributed by atoms with van der Waals surface area (Å²) >= 11 is 0. The molecule has 6 N–H and O–H groups in total. The van der Waals surface area contributed by atoms with Crippen LogP contribution in [0.1, 0.15) is 0 Å². The van der Waals surface area contributed by atoms with Crippen molar-refractivity contribution in [3.05, 3.63) is 0 Å². The third-order valence-corrected chi connectivity index (χ3v) is 3.43. The van der Waals surface area contributed by atoms with Crippen LogP contribution in [-0.2, 0) is 20.2 Å². The van der Waals surface area contributed by atoms with Gasteiger partial charge in [-0.1, -0.05) is 0 Å². The van der Waals surface area contributed by atoms with Crippen LogP contribution in [0.4, 0.5) is 0 Å². The van der Waals surface area contributed by atoms with E-state index in [9.17, 15) is 27.0 Å². The molecule has 0 aliphatic carbocycles. The van der Waals surface area contributed by atoms with Crippen molar-refractivity contribution in [1.29, 1.82) is 0 Å². The van der Waals surface area contributed by atoms with Gasteiger partial charge >= 0.3 is 0 Å². The van der Waals surface area contributed by atoms with E-state index in [1.165, 1.54) is 0 Å². The fourth-order valence-corrected chi connectivity index (χ4v) is 2.34. The molecule has 18 heavy (non-hydrogen) atoms. The van der Waals surface area contributed by atoms with Crippen LogP contribution in [-0.4, -0.2) is 82.3 Å². The third kappa shape index (κ3) is 7.17. The van der Waals surface area contributed by atoms with Crippen LogP contribution in [0.3, 0.4) is 0 Å². The van der Waals surface area contributed by atoms with E-state index in [4.69, 9.17) is 19.3 Å². The molecule has 0 amide bonds. The number of aliphatic hydroxyl groups excluding tert-OH is 4. The van der Waals surface area contributed by atoms with Crippen LogP contribution in [0, 0.1) is 0 Å². The Balaban J connectivity index is 4.63. The highest BCUT2D eigenvalue weighted by atomic mass is 32.2. The van der Waals surface area contributed by atoms with E-state index in [1.54, 1.807) is 0 Å². The summed E-state index contributed by atoms with van der Waals surface area (Å²) < 4.78 is 58.2. The lowest BCUT2D eigenvalue weighted by Gasteiger charge is -2.25. The molecule has 12 heteroatoms. The highest BCUT2D eigenvalue weighted by molar-refractivity contribution is 7.86. The molecule has 4 atom stereocenters. The minimum atomic E-state index is -4.63. The van der Waals surface area contributed by atoms with Crippen molar-refractivity contribution in [2.45, 2.75) is 24.4 Å². The Morgan fingerprint density at radius 1 is 0.667 bits per heavy atom. The highest BCUT2D eigenvalue weighted by Crippen LogP contribution is 2.08. The maximum atomic E-state index is 10.4. The standard InChI is InChI=1S/C6H14O10S2/c7-3(1-17(11,12)13)5(9)6(10)4(8)2-18(14,15)16/h3-10H,1-2H2,(H,11,12,13)(H,14,15,16)/t3?,4?,5-,6-/m0/s1. The van der Waals surface area contributed by atoms with Gasteiger partial charge in [-0.15, -0.1) is 0 Å².